The Bertz CT molecular complexity index is 113. The average Bonchev–Trinajstić information content (AvgIpc) is 1.61. The lowest BCUT2D eigenvalue weighted by atomic mass is 11.4. The second kappa shape index (κ2) is 2.80. The molecule has 0 bridgehead atoms. The molecule has 0 heterocycles. The van der Waals surface area contributed by atoms with Crippen LogP contribution >= 0.6 is 0 Å². The third-order valence-corrected chi connectivity index (χ3v) is 0.155. The zero-order chi connectivity index (χ0) is 5.70. The van der Waals surface area contributed by atoms with E-state index in [4.69, 9.17) is 10.6 Å². The van der Waals surface area contributed by atoms with Gasteiger partial charge in [0, 0.05) is 4.91 Å². The van der Waals surface area contributed by atoms with Crippen molar-refractivity contribution in [2.45, 2.75) is 0 Å². The van der Waals surface area contributed by atoms with Crippen LogP contribution in [0.15, 0.2) is 5.28 Å². The average molecular weight is 103 g/mol. The number of nitrogens with zero attached hydrogens (tertiary/aromatic N) is 3. The summed E-state index contributed by atoms with van der Waals surface area (Å²) < 4.78 is 0. The Morgan fingerprint density at radius 3 is 2.71 bits per heavy atom. The van der Waals surface area contributed by atoms with Gasteiger partial charge in [0.2, 0.25) is 0 Å². The molecular formula is CHN3O3. The molecule has 0 amide bonds. The smallest absolute Gasteiger partial charge is 0.449 e. The second-order valence-electron chi connectivity index (χ2n) is 0.528. The molecule has 0 aromatic rings. The predicted molar refractivity (Wildman–Crippen MR) is 18.3 cm³/mol. The minimum absolute atomic E-state index is 1.61. The number of hydrogen-bond acceptors (Lipinski definition) is 3. The van der Waals surface area contributed by atoms with Crippen molar-refractivity contribution >= 4 is 6.16 Å². The fourth-order valence-corrected chi connectivity index (χ4v) is 0.0532. The van der Waals surface area contributed by atoms with E-state index in [2.05, 4.69) is 10.1 Å². The maximum Gasteiger partial charge on any atom is 0.517 e. The molecule has 0 spiro atoms. The van der Waals surface area contributed by atoms with Gasteiger partial charge in [-0.2, -0.15) is 0 Å². The van der Waals surface area contributed by atoms with Crippen molar-refractivity contribution < 1.29 is 14.7 Å². The van der Waals surface area contributed by atoms with Crippen LogP contribution < -0.4 is 0 Å². The molecule has 0 aliphatic carbocycles. The summed E-state index contributed by atoms with van der Waals surface area (Å²) in [6.45, 7) is 0. The third-order valence-electron chi connectivity index (χ3n) is 0.155. The Kier molecular flexibility index (Phi) is 2.23. The van der Waals surface area contributed by atoms with Crippen LogP contribution in [0.2, 0.25) is 0 Å². The van der Waals surface area contributed by atoms with Gasteiger partial charge in [0.15, 0.2) is 0 Å². The van der Waals surface area contributed by atoms with Crippen LogP contribution in [-0.2, 0) is 4.84 Å². The van der Waals surface area contributed by atoms with E-state index in [0.29, 0.717) is 0 Å². The van der Waals surface area contributed by atoms with Crippen molar-refractivity contribution in [1.82, 2.24) is 0 Å². The summed E-state index contributed by atoms with van der Waals surface area (Å²) >= 11 is 0. The standard InChI is InChI=1S/CHN3O3/c2-3-4-7-1(5)6/h(H,5,6). The summed E-state index contributed by atoms with van der Waals surface area (Å²) in [5.41, 5.74) is 7.39. The fraction of sp³-hybridized carbons (Fsp3) is 0. The molecule has 0 atom stereocenters. The minimum atomic E-state index is -1.61. The molecule has 1 N–H and O–H groups in total. The monoisotopic (exact) mass is 103 g/mol. The molecule has 0 aromatic heterocycles. The highest BCUT2D eigenvalue weighted by molar-refractivity contribution is 5.56. The maximum absolute atomic E-state index is 9.27. The third kappa shape index (κ3) is 4.58. The van der Waals surface area contributed by atoms with Gasteiger partial charge in [-0.25, -0.2) is 4.79 Å². The van der Waals surface area contributed by atoms with Gasteiger partial charge in [-0.15, -0.1) is 0 Å². The summed E-state index contributed by atoms with van der Waals surface area (Å²) in [5, 5.41) is 9.81. The normalized spacial score (nSPS) is 6.29. The lowest BCUT2D eigenvalue weighted by Crippen LogP contribution is -1.89. The van der Waals surface area contributed by atoms with E-state index >= 15 is 0 Å². The molecule has 0 aliphatic rings. The number of hydrogen-bond donors (Lipinski definition) is 1. The van der Waals surface area contributed by atoms with Crippen molar-refractivity contribution in [1.29, 1.82) is 0 Å². The number of carbonyl (C=O) groups is 1. The van der Waals surface area contributed by atoms with Gasteiger partial charge in [0.25, 0.3) is 0 Å². The molecular weight excluding hydrogens is 102 g/mol. The van der Waals surface area contributed by atoms with Crippen LogP contribution in [0, 0.1) is 0 Å². The molecule has 6 heteroatoms. The highest BCUT2D eigenvalue weighted by atomic mass is 16.8. The number of carboxylic acid groups (broad SMARTS) is 1. The molecule has 0 radical (unpaired) electrons. The molecule has 0 unspecified atom stereocenters. The van der Waals surface area contributed by atoms with Gasteiger partial charge in [0.1, 0.15) is 5.28 Å². The van der Waals surface area contributed by atoms with Crippen molar-refractivity contribution in [2.24, 2.45) is 5.28 Å². The molecule has 0 aliphatic heterocycles. The van der Waals surface area contributed by atoms with Crippen LogP contribution in [0.5, 0.6) is 0 Å². The first-order valence-corrected chi connectivity index (χ1v) is 1.21. The summed E-state index contributed by atoms with van der Waals surface area (Å²) in [6, 6.07) is 0. The van der Waals surface area contributed by atoms with E-state index < -0.39 is 6.16 Å². The van der Waals surface area contributed by atoms with E-state index in [1.54, 1.807) is 0 Å². The van der Waals surface area contributed by atoms with Crippen LogP contribution in [0.1, 0.15) is 0 Å². The Balaban J connectivity index is 3.32. The molecule has 0 saturated carbocycles. The lowest BCUT2D eigenvalue weighted by Gasteiger charge is -1.78. The minimum Gasteiger partial charge on any atom is -0.449 e. The number of rotatable bonds is 1. The zero-order valence-corrected chi connectivity index (χ0v) is 3.11. The first-order valence-electron chi connectivity index (χ1n) is 1.21. The zero-order valence-electron chi connectivity index (χ0n) is 3.11. The SMILES string of the molecule is [N-]=[N+]=NOC(=O)O. The quantitative estimate of drug-likeness (QED) is 0.231. The van der Waals surface area contributed by atoms with Crippen molar-refractivity contribution in [3.05, 3.63) is 10.4 Å². The molecule has 0 fully saturated rings. The molecule has 6 nitrogen and oxygen atoms in total. The summed E-state index contributed by atoms with van der Waals surface area (Å²) in [4.78, 5) is 14.6. The molecule has 0 rings (SSSR count). The Morgan fingerprint density at radius 2 is 2.57 bits per heavy atom. The molecule has 38 valence electrons. The highest BCUT2D eigenvalue weighted by Crippen LogP contribution is 1.74. The van der Waals surface area contributed by atoms with E-state index in [1.807, 2.05) is 4.91 Å². The summed E-state index contributed by atoms with van der Waals surface area (Å²) in [5.74, 6) is 0. The van der Waals surface area contributed by atoms with Crippen LogP contribution in [0.3, 0.4) is 0 Å². The van der Waals surface area contributed by atoms with Gasteiger partial charge in [-0.1, -0.05) is 0 Å². The molecule has 0 aromatic carbocycles. The number of azide groups is 1. The summed E-state index contributed by atoms with van der Waals surface area (Å²) in [6.07, 6.45) is -1.61. The van der Waals surface area contributed by atoms with Gasteiger partial charge in [0.05, 0.1) is 0 Å². The topological polar surface area (TPSA) is 95.3 Å². The van der Waals surface area contributed by atoms with Crippen LogP contribution in [0.25, 0.3) is 10.4 Å². The van der Waals surface area contributed by atoms with E-state index in [9.17, 15) is 4.79 Å². The first kappa shape index (κ1) is 5.58. The van der Waals surface area contributed by atoms with Gasteiger partial charge < -0.3 is 9.94 Å². The Morgan fingerprint density at radius 1 is 2.00 bits per heavy atom. The molecule has 7 heavy (non-hydrogen) atoms. The summed E-state index contributed by atoms with van der Waals surface area (Å²) in [7, 11) is 0. The Labute approximate surface area is 37.9 Å². The van der Waals surface area contributed by atoms with E-state index in [1.165, 1.54) is 0 Å². The van der Waals surface area contributed by atoms with Gasteiger partial charge in [-0.3, -0.25) is 0 Å². The van der Waals surface area contributed by atoms with Crippen molar-refractivity contribution in [3.8, 4) is 0 Å². The van der Waals surface area contributed by atoms with Gasteiger partial charge >= 0.3 is 6.16 Å². The second-order valence-corrected chi connectivity index (χ2v) is 0.528. The highest BCUT2D eigenvalue weighted by Gasteiger charge is 1.87. The maximum atomic E-state index is 9.27. The van der Waals surface area contributed by atoms with Crippen molar-refractivity contribution in [2.75, 3.05) is 0 Å². The molecule has 0 saturated heterocycles. The fourth-order valence-electron chi connectivity index (χ4n) is 0.0532. The Hall–Kier alpha value is -1.42. The largest absolute Gasteiger partial charge is 0.517 e. The van der Waals surface area contributed by atoms with E-state index in [-0.39, 0.29) is 0 Å². The van der Waals surface area contributed by atoms with E-state index in [0.717, 1.165) is 0 Å². The first-order chi connectivity index (χ1) is 3.27. The van der Waals surface area contributed by atoms with Crippen LogP contribution in [-0.4, -0.2) is 11.3 Å². The van der Waals surface area contributed by atoms with Gasteiger partial charge in [-0.05, 0) is 5.53 Å². The van der Waals surface area contributed by atoms with Crippen LogP contribution in [0.4, 0.5) is 4.79 Å². The predicted octanol–water partition coefficient (Wildman–Crippen LogP) is 0.906. The van der Waals surface area contributed by atoms with Crippen molar-refractivity contribution in [3.63, 3.8) is 0 Å². The lowest BCUT2D eigenvalue weighted by molar-refractivity contribution is 0.0926.